The molecule has 0 saturated carbocycles. The first kappa shape index (κ1) is 22.8. The molecule has 0 spiro atoms. The minimum Gasteiger partial charge on any atom is -0.481 e. The van der Waals surface area contributed by atoms with Crippen molar-refractivity contribution < 1.29 is 29.0 Å². The zero-order chi connectivity index (χ0) is 20.4. The van der Waals surface area contributed by atoms with E-state index in [0.717, 1.165) is 0 Å². The molecule has 0 aliphatic carbocycles. The molecule has 1 unspecified atom stereocenters. The number of aliphatic carboxylic acids is 1. The molecule has 2 atom stereocenters. The molecule has 0 saturated heterocycles. The van der Waals surface area contributed by atoms with Gasteiger partial charge in [0.1, 0.15) is 0 Å². The standard InChI is InChI=1S/C19H26ClNO6/c1-4-5-16(22)26-18(12(2)3)27-19(25)21-11-10-15(17(23)24)13-6-8-14(20)9-7-13/h6-9,12,15,18H,4-5,10-11H2,1-3H3,(H,21,25)(H,23,24)/t15?,18-/m1/s1. The number of alkyl carbamates (subject to hydrolysis) is 1. The summed E-state index contributed by atoms with van der Waals surface area (Å²) in [4.78, 5) is 35.0. The number of hydrogen-bond acceptors (Lipinski definition) is 5. The number of amides is 1. The maximum atomic E-state index is 11.9. The van der Waals surface area contributed by atoms with E-state index in [2.05, 4.69) is 5.32 Å². The van der Waals surface area contributed by atoms with Crippen LogP contribution in [-0.2, 0) is 19.1 Å². The van der Waals surface area contributed by atoms with Gasteiger partial charge in [0.2, 0.25) is 0 Å². The van der Waals surface area contributed by atoms with Crippen LogP contribution in [0.1, 0.15) is 51.5 Å². The SMILES string of the molecule is CCCC(=O)O[C@H](OC(=O)NCCC(C(=O)O)c1ccc(Cl)cc1)C(C)C. The summed E-state index contributed by atoms with van der Waals surface area (Å²) in [6.07, 6.45) is -0.699. The quantitative estimate of drug-likeness (QED) is 0.456. The highest BCUT2D eigenvalue weighted by molar-refractivity contribution is 6.30. The molecule has 0 fully saturated rings. The van der Waals surface area contributed by atoms with E-state index in [9.17, 15) is 19.5 Å². The van der Waals surface area contributed by atoms with Crippen LogP contribution in [0.25, 0.3) is 0 Å². The summed E-state index contributed by atoms with van der Waals surface area (Å²) in [5.74, 6) is -2.43. The summed E-state index contributed by atoms with van der Waals surface area (Å²) < 4.78 is 10.3. The fraction of sp³-hybridized carbons (Fsp3) is 0.526. The van der Waals surface area contributed by atoms with Gasteiger partial charge in [0, 0.05) is 23.9 Å². The van der Waals surface area contributed by atoms with E-state index in [-0.39, 0.29) is 25.3 Å². The maximum absolute atomic E-state index is 11.9. The Labute approximate surface area is 164 Å². The fourth-order valence-corrected chi connectivity index (χ4v) is 2.41. The molecule has 0 radical (unpaired) electrons. The molecule has 0 aliphatic heterocycles. The minimum absolute atomic E-state index is 0.0894. The van der Waals surface area contributed by atoms with Crippen molar-refractivity contribution in [1.29, 1.82) is 0 Å². The third-order valence-electron chi connectivity index (χ3n) is 3.74. The second kappa shape index (κ2) is 11.4. The van der Waals surface area contributed by atoms with Crippen molar-refractivity contribution in [3.05, 3.63) is 34.9 Å². The molecule has 1 rings (SSSR count). The first-order chi connectivity index (χ1) is 12.7. The van der Waals surface area contributed by atoms with E-state index in [1.54, 1.807) is 38.1 Å². The van der Waals surface area contributed by atoms with Gasteiger partial charge in [-0.3, -0.25) is 9.59 Å². The predicted octanol–water partition coefficient (Wildman–Crippen LogP) is 3.95. The summed E-state index contributed by atoms with van der Waals surface area (Å²) in [5.41, 5.74) is 0.593. The van der Waals surface area contributed by atoms with Crippen molar-refractivity contribution in [3.63, 3.8) is 0 Å². The van der Waals surface area contributed by atoms with Gasteiger partial charge in [-0.1, -0.05) is 44.5 Å². The Kier molecular flexibility index (Phi) is 9.64. The smallest absolute Gasteiger partial charge is 0.410 e. The van der Waals surface area contributed by atoms with E-state index in [1.807, 2.05) is 6.92 Å². The fourth-order valence-electron chi connectivity index (χ4n) is 2.28. The third kappa shape index (κ3) is 8.30. The number of carboxylic acid groups (broad SMARTS) is 1. The molecule has 0 heterocycles. The van der Waals surface area contributed by atoms with Crippen LogP contribution in [0, 0.1) is 5.92 Å². The summed E-state index contributed by atoms with van der Waals surface area (Å²) in [5, 5.41) is 12.4. The number of ether oxygens (including phenoxy) is 2. The molecule has 1 aromatic carbocycles. The van der Waals surface area contributed by atoms with Crippen molar-refractivity contribution >= 4 is 29.6 Å². The molecule has 1 aromatic rings. The van der Waals surface area contributed by atoms with Crippen molar-refractivity contribution in [2.75, 3.05) is 6.54 Å². The molecular formula is C19H26ClNO6. The molecule has 2 N–H and O–H groups in total. The van der Waals surface area contributed by atoms with Crippen LogP contribution in [0.3, 0.4) is 0 Å². The lowest BCUT2D eigenvalue weighted by Gasteiger charge is -2.21. The summed E-state index contributed by atoms with van der Waals surface area (Å²) in [6, 6.07) is 6.52. The number of carboxylic acids is 1. The number of nitrogens with one attached hydrogen (secondary N) is 1. The van der Waals surface area contributed by atoms with E-state index in [1.165, 1.54) is 0 Å². The second-order valence-electron chi connectivity index (χ2n) is 6.42. The van der Waals surface area contributed by atoms with Crippen molar-refractivity contribution in [2.45, 2.75) is 52.2 Å². The maximum Gasteiger partial charge on any atom is 0.410 e. The van der Waals surface area contributed by atoms with Crippen LogP contribution in [-0.4, -0.2) is 36.0 Å². The summed E-state index contributed by atoms with van der Waals surface area (Å²) in [7, 11) is 0. The molecule has 8 heteroatoms. The first-order valence-corrected chi connectivity index (χ1v) is 9.24. The summed E-state index contributed by atoms with van der Waals surface area (Å²) in [6.45, 7) is 5.46. The zero-order valence-electron chi connectivity index (χ0n) is 15.7. The van der Waals surface area contributed by atoms with Crippen LogP contribution in [0.2, 0.25) is 5.02 Å². The molecule has 0 aromatic heterocycles. The monoisotopic (exact) mass is 399 g/mol. The van der Waals surface area contributed by atoms with E-state index < -0.39 is 30.2 Å². The Bertz CT molecular complexity index is 632. The van der Waals surface area contributed by atoms with Crippen molar-refractivity contribution in [3.8, 4) is 0 Å². The number of benzene rings is 1. The molecule has 7 nitrogen and oxygen atoms in total. The molecular weight excluding hydrogens is 374 g/mol. The lowest BCUT2D eigenvalue weighted by atomic mass is 9.96. The molecule has 1 amide bonds. The minimum atomic E-state index is -0.999. The van der Waals surface area contributed by atoms with Gasteiger partial charge in [-0.25, -0.2) is 4.79 Å². The molecule has 0 aliphatic rings. The first-order valence-electron chi connectivity index (χ1n) is 8.86. The largest absolute Gasteiger partial charge is 0.481 e. The number of carbonyl (C=O) groups is 3. The highest BCUT2D eigenvalue weighted by Gasteiger charge is 2.23. The van der Waals surface area contributed by atoms with E-state index >= 15 is 0 Å². The third-order valence-corrected chi connectivity index (χ3v) is 3.99. The van der Waals surface area contributed by atoms with Crippen LogP contribution in [0.4, 0.5) is 4.79 Å². The zero-order valence-corrected chi connectivity index (χ0v) is 16.5. The number of carbonyl (C=O) groups excluding carboxylic acids is 2. The lowest BCUT2D eigenvalue weighted by molar-refractivity contribution is -0.175. The van der Waals surface area contributed by atoms with Gasteiger partial charge in [0.25, 0.3) is 6.29 Å². The Morgan fingerprint density at radius 1 is 1.15 bits per heavy atom. The van der Waals surface area contributed by atoms with Gasteiger partial charge in [0.15, 0.2) is 0 Å². The van der Waals surface area contributed by atoms with E-state index in [4.69, 9.17) is 21.1 Å². The van der Waals surface area contributed by atoms with Crippen LogP contribution < -0.4 is 5.32 Å². The lowest BCUT2D eigenvalue weighted by Crippen LogP contribution is -2.35. The topological polar surface area (TPSA) is 102 Å². The average molecular weight is 400 g/mol. The number of esters is 1. The van der Waals surface area contributed by atoms with Crippen LogP contribution in [0.15, 0.2) is 24.3 Å². The summed E-state index contributed by atoms with van der Waals surface area (Å²) >= 11 is 5.81. The van der Waals surface area contributed by atoms with Gasteiger partial charge < -0.3 is 19.9 Å². The Balaban J connectivity index is 2.54. The number of hydrogen-bond donors (Lipinski definition) is 2. The normalized spacial score (nSPS) is 12.9. The molecule has 27 heavy (non-hydrogen) atoms. The van der Waals surface area contributed by atoms with Crippen LogP contribution in [0.5, 0.6) is 0 Å². The predicted molar refractivity (Wildman–Crippen MR) is 101 cm³/mol. The van der Waals surface area contributed by atoms with Crippen molar-refractivity contribution in [1.82, 2.24) is 5.32 Å². The Morgan fingerprint density at radius 2 is 1.78 bits per heavy atom. The van der Waals surface area contributed by atoms with Gasteiger partial charge >= 0.3 is 18.0 Å². The van der Waals surface area contributed by atoms with Gasteiger partial charge in [0.05, 0.1) is 5.92 Å². The van der Waals surface area contributed by atoms with Crippen LogP contribution >= 0.6 is 11.6 Å². The number of halogens is 1. The second-order valence-corrected chi connectivity index (χ2v) is 6.85. The van der Waals surface area contributed by atoms with Crippen molar-refractivity contribution in [2.24, 2.45) is 5.92 Å². The van der Waals surface area contributed by atoms with Gasteiger partial charge in [-0.2, -0.15) is 0 Å². The average Bonchev–Trinajstić information content (AvgIpc) is 2.59. The molecule has 0 bridgehead atoms. The highest BCUT2D eigenvalue weighted by Crippen LogP contribution is 2.21. The van der Waals surface area contributed by atoms with Gasteiger partial charge in [-0.05, 0) is 30.5 Å². The van der Waals surface area contributed by atoms with E-state index in [0.29, 0.717) is 17.0 Å². The number of rotatable bonds is 10. The Hall–Kier alpha value is -2.28. The molecule has 150 valence electrons. The Morgan fingerprint density at radius 3 is 2.30 bits per heavy atom. The van der Waals surface area contributed by atoms with Gasteiger partial charge in [-0.15, -0.1) is 0 Å². The highest BCUT2D eigenvalue weighted by atomic mass is 35.5.